The van der Waals surface area contributed by atoms with Crippen molar-refractivity contribution in [2.75, 3.05) is 26.1 Å². The third-order valence-electron chi connectivity index (χ3n) is 5.35. The van der Waals surface area contributed by atoms with Crippen LogP contribution in [0.5, 0.6) is 11.5 Å². The minimum Gasteiger partial charge on any atom is -1.00 e. The summed E-state index contributed by atoms with van der Waals surface area (Å²) in [5.74, 6) is 1.52. The number of benzene rings is 3. The van der Waals surface area contributed by atoms with Gasteiger partial charge in [-0.05, 0) is 59.5 Å². The number of fused-ring (bicyclic) bond motifs is 1. The molecule has 3 aromatic rings. The van der Waals surface area contributed by atoms with E-state index in [1.165, 1.54) is 16.7 Å². The molecule has 174 valence electrons. The van der Waals surface area contributed by atoms with E-state index in [9.17, 15) is 0 Å². The predicted octanol–water partition coefficient (Wildman–Crippen LogP) is -0.921. The fourth-order valence-electron chi connectivity index (χ4n) is 3.89. The summed E-state index contributed by atoms with van der Waals surface area (Å²) in [6, 6.07) is 22.9. The third kappa shape index (κ3) is 6.56. The molecule has 0 saturated carbocycles. The van der Waals surface area contributed by atoms with E-state index in [1.54, 1.807) is 14.2 Å². The van der Waals surface area contributed by atoms with Crippen LogP contribution >= 0.6 is 11.6 Å². The Hall–Kier alpha value is -1.42. The summed E-state index contributed by atoms with van der Waals surface area (Å²) in [7, 11) is 3.36. The Morgan fingerprint density at radius 2 is 1.56 bits per heavy atom. The van der Waals surface area contributed by atoms with Crippen molar-refractivity contribution in [2.45, 2.75) is 18.5 Å². The molecule has 0 aliphatic carbocycles. The third-order valence-corrected chi connectivity index (χ3v) is 5.61. The molecule has 2 atom stereocenters. The standard InChI is InChI=1S/C24H25ClN2O2.2ClH.Pt/c1-28-22-13-17-12-20(15-26-19-10-8-18(25)9-11-19)27-24(16-6-4-3-5-7-16)21(17)14-23(22)29-2;;;/h3-11,13-14,20,24,26-27H,12,15H2,1-2H3;2*1H;/q;;;+2/p-2/t20-,24-;;;/m0.../s1. The topological polar surface area (TPSA) is 42.5 Å². The summed E-state index contributed by atoms with van der Waals surface area (Å²) < 4.78 is 11.1. The van der Waals surface area contributed by atoms with E-state index in [2.05, 4.69) is 47.0 Å². The molecule has 4 rings (SSSR count). The van der Waals surface area contributed by atoms with E-state index in [-0.39, 0.29) is 58.0 Å². The fraction of sp³-hybridized carbons (Fsp3) is 0.250. The van der Waals surface area contributed by atoms with Crippen molar-refractivity contribution < 1.29 is 55.4 Å². The van der Waals surface area contributed by atoms with Gasteiger partial charge < -0.3 is 44.9 Å². The molecule has 0 bridgehead atoms. The van der Waals surface area contributed by atoms with Gasteiger partial charge in [0.05, 0.1) is 20.3 Å². The fourth-order valence-corrected chi connectivity index (χ4v) is 4.02. The van der Waals surface area contributed by atoms with Crippen LogP contribution < -0.4 is 44.9 Å². The van der Waals surface area contributed by atoms with Crippen molar-refractivity contribution >= 4 is 17.3 Å². The number of ether oxygens (including phenoxy) is 2. The first-order valence-electron chi connectivity index (χ1n) is 9.73. The molecule has 0 unspecified atom stereocenters. The summed E-state index contributed by atoms with van der Waals surface area (Å²) in [4.78, 5) is 0. The first-order valence-corrected chi connectivity index (χ1v) is 10.1. The van der Waals surface area contributed by atoms with E-state index in [1.807, 2.05) is 30.3 Å². The molecule has 0 saturated heterocycles. The number of halogens is 3. The van der Waals surface area contributed by atoms with Crippen LogP contribution in [0.25, 0.3) is 0 Å². The summed E-state index contributed by atoms with van der Waals surface area (Å²) in [5.41, 5.74) is 4.80. The van der Waals surface area contributed by atoms with Gasteiger partial charge in [0.2, 0.25) is 0 Å². The van der Waals surface area contributed by atoms with Crippen LogP contribution in [0.1, 0.15) is 22.7 Å². The second kappa shape index (κ2) is 13.3. The SMILES string of the molecule is COc1cc2c(cc1OC)[C@H](c1ccccc1)N[C@H](CNc1ccc(Cl)cc1)C2.[Cl-].[Cl-].[Pt+2]. The van der Waals surface area contributed by atoms with Crippen LogP contribution in [0.15, 0.2) is 66.7 Å². The van der Waals surface area contributed by atoms with Crippen LogP contribution in [-0.2, 0) is 27.5 Å². The Kier molecular flexibility index (Phi) is 11.9. The van der Waals surface area contributed by atoms with Gasteiger partial charge in [0.1, 0.15) is 0 Å². The molecule has 3 aromatic carbocycles. The molecule has 1 heterocycles. The average molecular weight is 675 g/mol. The second-order valence-corrected chi connectivity index (χ2v) is 7.64. The molecule has 0 amide bonds. The zero-order valence-corrected chi connectivity index (χ0v) is 22.2. The largest absolute Gasteiger partial charge is 2.00 e. The molecule has 0 radical (unpaired) electrons. The number of anilines is 1. The minimum atomic E-state index is 0. The molecule has 1 aliphatic rings. The van der Waals surface area contributed by atoms with Gasteiger partial charge in [-0.25, -0.2) is 0 Å². The van der Waals surface area contributed by atoms with Gasteiger partial charge in [-0.15, -0.1) is 0 Å². The van der Waals surface area contributed by atoms with Crippen molar-refractivity contribution in [1.82, 2.24) is 5.32 Å². The summed E-state index contributed by atoms with van der Waals surface area (Å²) in [6.07, 6.45) is 0.902. The van der Waals surface area contributed by atoms with Gasteiger partial charge >= 0.3 is 21.1 Å². The maximum atomic E-state index is 5.99. The molecule has 2 N–H and O–H groups in total. The normalized spacial score (nSPS) is 16.3. The quantitative estimate of drug-likeness (QED) is 0.356. The molecular weight excluding hydrogens is 650 g/mol. The Labute approximate surface area is 221 Å². The Morgan fingerprint density at radius 1 is 0.938 bits per heavy atom. The van der Waals surface area contributed by atoms with Crippen molar-refractivity contribution in [2.24, 2.45) is 0 Å². The van der Waals surface area contributed by atoms with Gasteiger partial charge in [0.25, 0.3) is 0 Å². The smallest absolute Gasteiger partial charge is 1.00 e. The Morgan fingerprint density at radius 3 is 2.19 bits per heavy atom. The second-order valence-electron chi connectivity index (χ2n) is 7.21. The van der Waals surface area contributed by atoms with Gasteiger partial charge in [-0.3, -0.25) is 0 Å². The Balaban J connectivity index is 0.00000171. The number of hydrogen-bond acceptors (Lipinski definition) is 4. The van der Waals surface area contributed by atoms with Crippen LogP contribution in [-0.4, -0.2) is 26.8 Å². The van der Waals surface area contributed by atoms with E-state index in [4.69, 9.17) is 21.1 Å². The number of hydrogen-bond donors (Lipinski definition) is 2. The average Bonchev–Trinajstić information content (AvgIpc) is 2.77. The number of rotatable bonds is 6. The molecular formula is C24H25Cl3N2O2Pt. The maximum absolute atomic E-state index is 5.99. The van der Waals surface area contributed by atoms with Crippen molar-refractivity contribution in [3.63, 3.8) is 0 Å². The molecule has 0 aromatic heterocycles. The zero-order valence-electron chi connectivity index (χ0n) is 17.7. The van der Waals surface area contributed by atoms with Crippen LogP contribution in [0.2, 0.25) is 5.02 Å². The van der Waals surface area contributed by atoms with Gasteiger partial charge in [-0.2, -0.15) is 0 Å². The maximum Gasteiger partial charge on any atom is 2.00 e. The van der Waals surface area contributed by atoms with Crippen molar-refractivity contribution in [1.29, 1.82) is 0 Å². The number of nitrogens with one attached hydrogen (secondary N) is 2. The van der Waals surface area contributed by atoms with E-state index in [0.717, 1.165) is 35.2 Å². The number of methoxy groups -OCH3 is 2. The molecule has 0 fully saturated rings. The van der Waals surface area contributed by atoms with Crippen LogP contribution in [0.4, 0.5) is 5.69 Å². The summed E-state index contributed by atoms with van der Waals surface area (Å²) in [5, 5.41) is 8.07. The van der Waals surface area contributed by atoms with Crippen LogP contribution in [0, 0.1) is 0 Å². The first-order chi connectivity index (χ1) is 14.2. The molecule has 8 heteroatoms. The van der Waals surface area contributed by atoms with Gasteiger partial charge in [0, 0.05) is 23.3 Å². The molecule has 32 heavy (non-hydrogen) atoms. The van der Waals surface area contributed by atoms with Crippen molar-refractivity contribution in [3.8, 4) is 11.5 Å². The zero-order chi connectivity index (χ0) is 20.2. The van der Waals surface area contributed by atoms with Crippen molar-refractivity contribution in [3.05, 3.63) is 88.4 Å². The molecule has 4 nitrogen and oxygen atoms in total. The van der Waals surface area contributed by atoms with E-state index >= 15 is 0 Å². The van der Waals surface area contributed by atoms with Gasteiger partial charge in [-0.1, -0.05) is 41.9 Å². The molecule has 1 aliphatic heterocycles. The monoisotopic (exact) mass is 673 g/mol. The summed E-state index contributed by atoms with van der Waals surface area (Å²) >= 11 is 5.99. The Bertz CT molecular complexity index is 975. The predicted molar refractivity (Wildman–Crippen MR) is 118 cm³/mol. The first kappa shape index (κ1) is 28.6. The van der Waals surface area contributed by atoms with E-state index in [0.29, 0.717) is 0 Å². The van der Waals surface area contributed by atoms with Crippen LogP contribution in [0.3, 0.4) is 0 Å². The van der Waals surface area contributed by atoms with E-state index < -0.39 is 0 Å². The molecule has 0 spiro atoms. The van der Waals surface area contributed by atoms with Gasteiger partial charge in [0.15, 0.2) is 11.5 Å². The summed E-state index contributed by atoms with van der Waals surface area (Å²) in [6.45, 7) is 0.804. The minimum absolute atomic E-state index is 0.